The lowest BCUT2D eigenvalue weighted by Crippen LogP contribution is -2.24. The SMILES string of the molecule is CCn1cc(C(=O)Nc2c(Cl)cccc2Cl)c(=O)c2cc(C(F)(F)F)ccc21. The molecule has 1 amide bonds. The molecule has 0 bridgehead atoms. The van der Waals surface area contributed by atoms with Crippen LogP contribution in [0.15, 0.2) is 47.4 Å². The van der Waals surface area contributed by atoms with E-state index in [9.17, 15) is 22.8 Å². The van der Waals surface area contributed by atoms with Crippen LogP contribution in [0.4, 0.5) is 18.9 Å². The first-order valence-corrected chi connectivity index (χ1v) is 8.88. The molecule has 1 N–H and O–H groups in total. The number of amides is 1. The van der Waals surface area contributed by atoms with Crippen molar-refractivity contribution in [1.29, 1.82) is 0 Å². The van der Waals surface area contributed by atoms with Crippen LogP contribution in [-0.4, -0.2) is 10.5 Å². The summed E-state index contributed by atoms with van der Waals surface area (Å²) in [5, 5.41) is 2.59. The standard InChI is InChI=1S/C19H13Cl2F3N2O2/c1-2-26-9-12(18(28)25-16-13(20)4-3-5-14(16)21)17(27)11-8-10(19(22,23)24)6-7-15(11)26/h3-9H,2H2,1H3,(H,25,28). The van der Waals surface area contributed by atoms with Gasteiger partial charge in [0.1, 0.15) is 5.56 Å². The van der Waals surface area contributed by atoms with Crippen LogP contribution in [0.1, 0.15) is 22.8 Å². The predicted octanol–water partition coefficient (Wildman–Crippen LogP) is 5.60. The molecule has 3 rings (SSSR count). The van der Waals surface area contributed by atoms with Crippen LogP contribution >= 0.6 is 23.2 Å². The number of carbonyl (C=O) groups is 1. The van der Waals surface area contributed by atoms with Gasteiger partial charge in [0.15, 0.2) is 0 Å². The lowest BCUT2D eigenvalue weighted by Gasteiger charge is -2.14. The van der Waals surface area contributed by atoms with Gasteiger partial charge < -0.3 is 9.88 Å². The van der Waals surface area contributed by atoms with Crippen molar-refractivity contribution in [2.24, 2.45) is 0 Å². The number of para-hydroxylation sites is 1. The predicted molar refractivity (Wildman–Crippen MR) is 103 cm³/mol. The van der Waals surface area contributed by atoms with Crippen LogP contribution in [0.3, 0.4) is 0 Å². The van der Waals surface area contributed by atoms with Gasteiger partial charge >= 0.3 is 6.18 Å². The molecule has 0 unspecified atom stereocenters. The molecule has 2 aromatic carbocycles. The molecule has 1 heterocycles. The number of rotatable bonds is 3. The van der Waals surface area contributed by atoms with Gasteiger partial charge in [-0.1, -0.05) is 29.3 Å². The quantitative estimate of drug-likeness (QED) is 0.590. The number of aryl methyl sites for hydroxylation is 1. The minimum atomic E-state index is -4.61. The average Bonchev–Trinajstić information content (AvgIpc) is 2.64. The van der Waals surface area contributed by atoms with Gasteiger partial charge in [0.25, 0.3) is 5.91 Å². The van der Waals surface area contributed by atoms with Gasteiger partial charge in [-0.05, 0) is 37.3 Å². The Morgan fingerprint density at radius 1 is 1.14 bits per heavy atom. The molecule has 0 aliphatic carbocycles. The first kappa shape index (κ1) is 20.2. The summed E-state index contributed by atoms with van der Waals surface area (Å²) in [6.45, 7) is 2.09. The van der Waals surface area contributed by atoms with Crippen LogP contribution in [-0.2, 0) is 12.7 Å². The molecule has 0 aliphatic heterocycles. The van der Waals surface area contributed by atoms with E-state index in [-0.39, 0.29) is 26.7 Å². The van der Waals surface area contributed by atoms with Gasteiger partial charge in [-0.3, -0.25) is 9.59 Å². The fourth-order valence-electron chi connectivity index (χ4n) is 2.80. The highest BCUT2D eigenvalue weighted by atomic mass is 35.5. The fraction of sp³-hybridized carbons (Fsp3) is 0.158. The van der Waals surface area contributed by atoms with Crippen molar-refractivity contribution in [2.75, 3.05) is 5.32 Å². The first-order valence-electron chi connectivity index (χ1n) is 8.13. The number of halogens is 5. The molecule has 0 saturated heterocycles. The van der Waals surface area contributed by atoms with E-state index < -0.39 is 23.1 Å². The molecule has 3 aromatic rings. The van der Waals surface area contributed by atoms with Crippen LogP contribution < -0.4 is 10.7 Å². The maximum absolute atomic E-state index is 13.0. The smallest absolute Gasteiger partial charge is 0.347 e. The molecule has 9 heteroatoms. The maximum Gasteiger partial charge on any atom is 0.416 e. The number of aromatic nitrogens is 1. The number of nitrogens with zero attached hydrogens (tertiary/aromatic N) is 1. The van der Waals surface area contributed by atoms with Crippen molar-refractivity contribution in [1.82, 2.24) is 4.57 Å². The summed E-state index contributed by atoms with van der Waals surface area (Å²) in [5.74, 6) is -0.818. The topological polar surface area (TPSA) is 51.1 Å². The summed E-state index contributed by atoms with van der Waals surface area (Å²) in [7, 11) is 0. The molecule has 1 aromatic heterocycles. The molecule has 0 radical (unpaired) electrons. The van der Waals surface area contributed by atoms with Crippen LogP contribution in [0.25, 0.3) is 10.9 Å². The van der Waals surface area contributed by atoms with E-state index in [1.165, 1.54) is 29.0 Å². The molecule has 0 aliphatic rings. The zero-order valence-corrected chi connectivity index (χ0v) is 15.9. The molecular weight excluding hydrogens is 416 g/mol. The molecule has 146 valence electrons. The molecule has 4 nitrogen and oxygen atoms in total. The zero-order chi connectivity index (χ0) is 20.6. The number of nitrogens with one attached hydrogen (secondary N) is 1. The van der Waals surface area contributed by atoms with Gasteiger partial charge in [-0.2, -0.15) is 13.2 Å². The third-order valence-corrected chi connectivity index (χ3v) is 4.82. The van der Waals surface area contributed by atoms with Crippen LogP contribution in [0.2, 0.25) is 10.0 Å². The Balaban J connectivity index is 2.16. The Labute approximate surface area is 167 Å². The van der Waals surface area contributed by atoms with Crippen molar-refractivity contribution in [3.63, 3.8) is 0 Å². The maximum atomic E-state index is 13.0. The van der Waals surface area contributed by atoms with Crippen molar-refractivity contribution in [3.05, 3.63) is 74.0 Å². The molecule has 0 spiro atoms. The van der Waals surface area contributed by atoms with Gasteiger partial charge in [-0.25, -0.2) is 0 Å². The number of hydrogen-bond donors (Lipinski definition) is 1. The van der Waals surface area contributed by atoms with Gasteiger partial charge in [0, 0.05) is 18.1 Å². The second kappa shape index (κ2) is 7.48. The monoisotopic (exact) mass is 428 g/mol. The van der Waals surface area contributed by atoms with Gasteiger partial charge in [0.2, 0.25) is 5.43 Å². The number of carbonyl (C=O) groups excluding carboxylic acids is 1. The van der Waals surface area contributed by atoms with Crippen LogP contribution in [0.5, 0.6) is 0 Å². The molecular formula is C19H13Cl2F3N2O2. The number of hydrogen-bond acceptors (Lipinski definition) is 2. The highest BCUT2D eigenvalue weighted by Gasteiger charge is 2.31. The third-order valence-electron chi connectivity index (χ3n) is 4.19. The molecule has 0 saturated carbocycles. The Bertz CT molecular complexity index is 1120. The van der Waals surface area contributed by atoms with E-state index in [2.05, 4.69) is 5.32 Å². The minimum absolute atomic E-state index is 0.113. The van der Waals surface area contributed by atoms with Crippen LogP contribution in [0, 0.1) is 0 Å². The third kappa shape index (κ3) is 3.72. The summed E-state index contributed by atoms with van der Waals surface area (Å²) in [5.41, 5.74) is -1.68. The Morgan fingerprint density at radius 2 is 1.79 bits per heavy atom. The summed E-state index contributed by atoms with van der Waals surface area (Å²) < 4.78 is 40.7. The second-order valence-corrected chi connectivity index (χ2v) is 6.75. The number of pyridine rings is 1. The normalized spacial score (nSPS) is 11.6. The van der Waals surface area contributed by atoms with Crippen molar-refractivity contribution in [2.45, 2.75) is 19.6 Å². The fourth-order valence-corrected chi connectivity index (χ4v) is 3.29. The number of anilines is 1. The summed E-state index contributed by atoms with van der Waals surface area (Å²) in [6, 6.07) is 7.46. The Hall–Kier alpha value is -2.51. The number of benzene rings is 2. The van der Waals surface area contributed by atoms with E-state index in [0.29, 0.717) is 12.1 Å². The van der Waals surface area contributed by atoms with Crippen molar-refractivity contribution < 1.29 is 18.0 Å². The molecule has 0 fully saturated rings. The minimum Gasteiger partial charge on any atom is -0.347 e. The average molecular weight is 429 g/mol. The lowest BCUT2D eigenvalue weighted by atomic mass is 10.1. The van der Waals surface area contributed by atoms with Gasteiger partial charge in [-0.15, -0.1) is 0 Å². The van der Waals surface area contributed by atoms with Crippen molar-refractivity contribution in [3.8, 4) is 0 Å². The Kier molecular flexibility index (Phi) is 5.41. The van der Waals surface area contributed by atoms with E-state index in [0.717, 1.165) is 12.1 Å². The summed E-state index contributed by atoms with van der Waals surface area (Å²) >= 11 is 12.0. The molecule has 28 heavy (non-hydrogen) atoms. The Morgan fingerprint density at radius 3 is 2.36 bits per heavy atom. The van der Waals surface area contributed by atoms with Crippen molar-refractivity contribution >= 4 is 45.7 Å². The zero-order valence-electron chi connectivity index (χ0n) is 14.4. The van der Waals surface area contributed by atoms with E-state index in [1.807, 2.05) is 0 Å². The number of fused-ring (bicyclic) bond motifs is 1. The molecule has 0 atom stereocenters. The first-order chi connectivity index (χ1) is 13.1. The van der Waals surface area contributed by atoms with E-state index in [1.54, 1.807) is 13.0 Å². The highest BCUT2D eigenvalue weighted by molar-refractivity contribution is 6.40. The largest absolute Gasteiger partial charge is 0.416 e. The number of alkyl halides is 3. The lowest BCUT2D eigenvalue weighted by molar-refractivity contribution is -0.137. The highest BCUT2D eigenvalue weighted by Crippen LogP contribution is 2.32. The van der Waals surface area contributed by atoms with Gasteiger partial charge in [0.05, 0.1) is 26.8 Å². The van der Waals surface area contributed by atoms with E-state index in [4.69, 9.17) is 23.2 Å². The summed E-state index contributed by atoms with van der Waals surface area (Å²) in [6.07, 6.45) is -3.31. The van der Waals surface area contributed by atoms with E-state index >= 15 is 0 Å². The second-order valence-electron chi connectivity index (χ2n) is 5.94. The summed E-state index contributed by atoms with van der Waals surface area (Å²) in [4.78, 5) is 25.4.